The first-order valence-corrected chi connectivity index (χ1v) is 8.42. The fourth-order valence-corrected chi connectivity index (χ4v) is 1.52. The van der Waals surface area contributed by atoms with Crippen LogP contribution in [0.4, 0.5) is 0 Å². The molecule has 0 N–H and O–H groups in total. The Bertz CT molecular complexity index is 287. The lowest BCUT2D eigenvalue weighted by molar-refractivity contribution is -0.156. The summed E-state index contributed by atoms with van der Waals surface area (Å²) in [4.78, 5) is 11.4. The first-order chi connectivity index (χ1) is 10.8. The van der Waals surface area contributed by atoms with Gasteiger partial charge < -0.3 is 23.7 Å². The van der Waals surface area contributed by atoms with E-state index in [9.17, 15) is 4.79 Å². The highest BCUT2D eigenvalue weighted by molar-refractivity contribution is 5.69. The van der Waals surface area contributed by atoms with Gasteiger partial charge in [-0.25, -0.2) is 0 Å². The zero-order chi connectivity index (χ0) is 17.6. The largest absolute Gasteiger partial charge is 0.460 e. The minimum atomic E-state index is -0.445. The van der Waals surface area contributed by atoms with Crippen LogP contribution in [0.2, 0.25) is 0 Å². The maximum Gasteiger partial charge on any atom is 0.308 e. The molecule has 6 nitrogen and oxygen atoms in total. The molecular formula is C17H34O6. The van der Waals surface area contributed by atoms with E-state index in [1.54, 1.807) is 0 Å². The van der Waals surface area contributed by atoms with E-state index in [2.05, 4.69) is 6.92 Å². The van der Waals surface area contributed by atoms with Gasteiger partial charge >= 0.3 is 5.97 Å². The predicted molar refractivity (Wildman–Crippen MR) is 88.6 cm³/mol. The topological polar surface area (TPSA) is 63.2 Å². The van der Waals surface area contributed by atoms with Gasteiger partial charge in [-0.3, -0.25) is 4.79 Å². The molecule has 1 unspecified atom stereocenters. The van der Waals surface area contributed by atoms with Gasteiger partial charge in [0.05, 0.1) is 58.8 Å². The summed E-state index contributed by atoms with van der Waals surface area (Å²) < 4.78 is 26.7. The van der Waals surface area contributed by atoms with Crippen molar-refractivity contribution in [2.45, 2.75) is 59.2 Å². The second-order valence-corrected chi connectivity index (χ2v) is 6.26. The molecule has 6 heteroatoms. The smallest absolute Gasteiger partial charge is 0.308 e. The normalized spacial score (nSPS) is 13.1. The quantitative estimate of drug-likeness (QED) is 0.359. The van der Waals surface area contributed by atoms with Gasteiger partial charge in [-0.15, -0.1) is 0 Å². The van der Waals surface area contributed by atoms with Crippen molar-refractivity contribution in [3.63, 3.8) is 0 Å². The number of carbonyl (C=O) groups is 1. The number of hydrogen-bond donors (Lipinski definition) is 0. The molecule has 0 aliphatic rings. The average molecular weight is 334 g/mol. The molecule has 0 fully saturated rings. The van der Waals surface area contributed by atoms with E-state index < -0.39 is 5.60 Å². The van der Waals surface area contributed by atoms with Crippen LogP contribution in [-0.4, -0.2) is 63.9 Å². The monoisotopic (exact) mass is 334 g/mol. The Hall–Kier alpha value is -0.690. The van der Waals surface area contributed by atoms with Crippen molar-refractivity contribution in [3.05, 3.63) is 0 Å². The highest BCUT2D eigenvalue weighted by Crippen LogP contribution is 2.07. The fraction of sp³-hybridized carbons (Fsp3) is 0.941. The van der Waals surface area contributed by atoms with Gasteiger partial charge in [0.2, 0.25) is 0 Å². The van der Waals surface area contributed by atoms with Crippen LogP contribution in [-0.2, 0) is 28.5 Å². The third-order valence-corrected chi connectivity index (χ3v) is 2.82. The second-order valence-electron chi connectivity index (χ2n) is 6.26. The molecule has 0 aromatic rings. The van der Waals surface area contributed by atoms with Crippen LogP contribution in [0.3, 0.4) is 0 Å². The van der Waals surface area contributed by atoms with Crippen LogP contribution in [0.25, 0.3) is 0 Å². The molecule has 0 spiro atoms. The van der Waals surface area contributed by atoms with Gasteiger partial charge in [-0.1, -0.05) is 6.92 Å². The molecule has 138 valence electrons. The molecular weight excluding hydrogens is 300 g/mol. The molecule has 0 aromatic heterocycles. The number of ether oxygens (including phenoxy) is 5. The van der Waals surface area contributed by atoms with Crippen LogP contribution in [0, 0.1) is 0 Å². The van der Waals surface area contributed by atoms with E-state index in [4.69, 9.17) is 23.7 Å². The Morgan fingerprint density at radius 1 is 0.870 bits per heavy atom. The highest BCUT2D eigenvalue weighted by atomic mass is 16.6. The summed E-state index contributed by atoms with van der Waals surface area (Å²) in [5.74, 6) is -0.244. The number of esters is 1. The number of hydrogen-bond acceptors (Lipinski definition) is 6. The van der Waals surface area contributed by atoms with E-state index in [0.717, 1.165) is 6.42 Å². The molecule has 0 aliphatic carbocycles. The van der Waals surface area contributed by atoms with Crippen molar-refractivity contribution in [2.75, 3.05) is 46.2 Å². The first-order valence-electron chi connectivity index (χ1n) is 8.42. The van der Waals surface area contributed by atoms with Crippen LogP contribution in [0.15, 0.2) is 0 Å². The minimum Gasteiger partial charge on any atom is -0.460 e. The van der Waals surface area contributed by atoms with Crippen molar-refractivity contribution in [2.24, 2.45) is 0 Å². The predicted octanol–water partition coefficient (Wildman–Crippen LogP) is 2.58. The van der Waals surface area contributed by atoms with Crippen LogP contribution in [0.1, 0.15) is 47.5 Å². The summed E-state index contributed by atoms with van der Waals surface area (Å²) in [5.41, 5.74) is -0.445. The molecule has 0 rings (SSSR count). The van der Waals surface area contributed by atoms with Crippen molar-refractivity contribution in [1.82, 2.24) is 0 Å². The summed E-state index contributed by atoms with van der Waals surface area (Å²) in [6.45, 7) is 13.2. The molecule has 0 amide bonds. The van der Waals surface area contributed by atoms with Gasteiger partial charge in [-0.2, -0.15) is 0 Å². The standard InChI is InChI=1S/C17H34O6/c1-6-15(2)22-14-13-21-12-11-20-10-9-19-8-7-16(18)23-17(3,4)5/h15H,6-14H2,1-5H3. The Labute approximate surface area is 140 Å². The third-order valence-electron chi connectivity index (χ3n) is 2.82. The Morgan fingerprint density at radius 3 is 1.83 bits per heavy atom. The molecule has 1 atom stereocenters. The Balaban J connectivity index is 3.21. The molecule has 0 saturated heterocycles. The summed E-state index contributed by atoms with van der Waals surface area (Å²) >= 11 is 0. The molecule has 0 radical (unpaired) electrons. The van der Waals surface area contributed by atoms with Crippen LogP contribution in [0.5, 0.6) is 0 Å². The number of carbonyl (C=O) groups excluding carboxylic acids is 1. The van der Waals surface area contributed by atoms with Crippen molar-refractivity contribution < 1.29 is 28.5 Å². The molecule has 0 heterocycles. The SMILES string of the molecule is CCC(C)OCCOCCOCCOCCC(=O)OC(C)(C)C. The van der Waals surface area contributed by atoms with Gasteiger partial charge in [0.25, 0.3) is 0 Å². The van der Waals surface area contributed by atoms with Crippen molar-refractivity contribution in [3.8, 4) is 0 Å². The number of rotatable bonds is 14. The minimum absolute atomic E-state index is 0.244. The van der Waals surface area contributed by atoms with E-state index >= 15 is 0 Å². The zero-order valence-corrected chi connectivity index (χ0v) is 15.4. The molecule has 0 saturated carbocycles. The van der Waals surface area contributed by atoms with Crippen molar-refractivity contribution >= 4 is 5.97 Å². The maximum atomic E-state index is 11.4. The average Bonchev–Trinajstić information content (AvgIpc) is 2.46. The Morgan fingerprint density at radius 2 is 1.35 bits per heavy atom. The van der Waals surface area contributed by atoms with Gasteiger partial charge in [0, 0.05) is 0 Å². The van der Waals surface area contributed by atoms with Crippen LogP contribution < -0.4 is 0 Å². The Kier molecular flexibility index (Phi) is 13.3. The second kappa shape index (κ2) is 13.7. The van der Waals surface area contributed by atoms with E-state index in [1.807, 2.05) is 27.7 Å². The molecule has 0 aromatic carbocycles. The highest BCUT2D eigenvalue weighted by Gasteiger charge is 2.15. The maximum absolute atomic E-state index is 11.4. The van der Waals surface area contributed by atoms with E-state index in [1.165, 1.54) is 0 Å². The summed E-state index contributed by atoms with van der Waals surface area (Å²) in [5, 5.41) is 0. The molecule has 0 bridgehead atoms. The summed E-state index contributed by atoms with van der Waals surface area (Å²) in [7, 11) is 0. The van der Waals surface area contributed by atoms with E-state index in [-0.39, 0.29) is 18.5 Å². The first kappa shape index (κ1) is 22.3. The molecule has 23 heavy (non-hydrogen) atoms. The van der Waals surface area contributed by atoms with Gasteiger partial charge in [-0.05, 0) is 34.1 Å². The lowest BCUT2D eigenvalue weighted by Crippen LogP contribution is -2.24. The zero-order valence-electron chi connectivity index (χ0n) is 15.4. The fourth-order valence-electron chi connectivity index (χ4n) is 1.52. The van der Waals surface area contributed by atoms with Gasteiger partial charge in [0.1, 0.15) is 5.60 Å². The molecule has 0 aliphatic heterocycles. The van der Waals surface area contributed by atoms with Crippen LogP contribution >= 0.6 is 0 Å². The van der Waals surface area contributed by atoms with E-state index in [0.29, 0.717) is 46.2 Å². The summed E-state index contributed by atoms with van der Waals surface area (Å²) in [6, 6.07) is 0. The lowest BCUT2D eigenvalue weighted by Gasteiger charge is -2.19. The van der Waals surface area contributed by atoms with Crippen molar-refractivity contribution in [1.29, 1.82) is 0 Å². The third kappa shape index (κ3) is 17.5. The van der Waals surface area contributed by atoms with Gasteiger partial charge in [0.15, 0.2) is 0 Å². The lowest BCUT2D eigenvalue weighted by atomic mass is 10.2. The summed E-state index contributed by atoms with van der Waals surface area (Å²) in [6.07, 6.45) is 1.56.